The molecule has 0 atom stereocenters. The van der Waals surface area contributed by atoms with Crippen molar-refractivity contribution >= 4 is 5.69 Å². The number of halogens is 3. The molecule has 0 aromatic heterocycles. The first-order chi connectivity index (χ1) is 6.86. The van der Waals surface area contributed by atoms with Gasteiger partial charge in [-0.2, -0.15) is 13.2 Å². The van der Waals surface area contributed by atoms with Gasteiger partial charge in [0, 0.05) is 18.7 Å². The van der Waals surface area contributed by atoms with Crippen molar-refractivity contribution in [3.05, 3.63) is 39.4 Å². The first-order valence-corrected chi connectivity index (χ1v) is 3.91. The molecule has 1 rings (SSSR count). The average molecular weight is 220 g/mol. The molecule has 0 saturated heterocycles. The monoisotopic (exact) mass is 220 g/mol. The van der Waals surface area contributed by atoms with Gasteiger partial charge < -0.3 is 5.73 Å². The number of nitrogens with zero attached hydrogens (tertiary/aromatic N) is 1. The zero-order valence-electron chi connectivity index (χ0n) is 7.41. The van der Waals surface area contributed by atoms with Crippen LogP contribution in [0.25, 0.3) is 0 Å². The van der Waals surface area contributed by atoms with Gasteiger partial charge in [0.2, 0.25) is 0 Å². The number of benzene rings is 1. The van der Waals surface area contributed by atoms with Crippen molar-refractivity contribution < 1.29 is 18.1 Å². The maximum absolute atomic E-state index is 12.4. The van der Waals surface area contributed by atoms with Gasteiger partial charge in [0.05, 0.1) is 10.5 Å². The van der Waals surface area contributed by atoms with Gasteiger partial charge >= 0.3 is 6.18 Å². The third-order valence-electron chi connectivity index (χ3n) is 1.83. The molecular formula is C8H7F3N2O2. The Hall–Kier alpha value is -1.63. The number of nitro benzene ring substituents is 1. The Morgan fingerprint density at radius 3 is 2.40 bits per heavy atom. The number of hydrogen-bond donors (Lipinski definition) is 1. The number of hydrogen-bond acceptors (Lipinski definition) is 3. The van der Waals surface area contributed by atoms with Gasteiger partial charge in [0.25, 0.3) is 5.69 Å². The highest BCUT2D eigenvalue weighted by Gasteiger charge is 2.34. The summed E-state index contributed by atoms with van der Waals surface area (Å²) in [5, 5.41) is 10.3. The zero-order chi connectivity index (χ0) is 11.6. The number of alkyl halides is 3. The van der Waals surface area contributed by atoms with Gasteiger partial charge in [-0.05, 0) is 5.56 Å². The van der Waals surface area contributed by atoms with E-state index >= 15 is 0 Å². The van der Waals surface area contributed by atoms with E-state index in [1.54, 1.807) is 0 Å². The highest BCUT2D eigenvalue weighted by atomic mass is 19.4. The van der Waals surface area contributed by atoms with Crippen molar-refractivity contribution in [1.29, 1.82) is 0 Å². The quantitative estimate of drug-likeness (QED) is 0.612. The fourth-order valence-electron chi connectivity index (χ4n) is 1.12. The minimum Gasteiger partial charge on any atom is -0.326 e. The van der Waals surface area contributed by atoms with E-state index in [0.717, 1.165) is 12.1 Å². The summed E-state index contributed by atoms with van der Waals surface area (Å²) in [4.78, 5) is 9.41. The lowest BCUT2D eigenvalue weighted by Crippen LogP contribution is -2.12. The molecule has 0 saturated carbocycles. The van der Waals surface area contributed by atoms with Crippen molar-refractivity contribution in [2.45, 2.75) is 12.7 Å². The van der Waals surface area contributed by atoms with Gasteiger partial charge in [-0.1, -0.05) is 6.07 Å². The molecule has 0 aliphatic rings. The van der Waals surface area contributed by atoms with Crippen molar-refractivity contribution in [2.75, 3.05) is 0 Å². The zero-order valence-corrected chi connectivity index (χ0v) is 7.41. The Balaban J connectivity index is 3.32. The Morgan fingerprint density at radius 1 is 1.40 bits per heavy atom. The predicted molar refractivity (Wildman–Crippen MR) is 46.0 cm³/mol. The highest BCUT2D eigenvalue weighted by Crippen LogP contribution is 2.34. The molecule has 82 valence electrons. The molecule has 0 unspecified atom stereocenters. The van der Waals surface area contributed by atoms with Crippen LogP contribution < -0.4 is 5.73 Å². The smallest absolute Gasteiger partial charge is 0.326 e. The van der Waals surface area contributed by atoms with Gasteiger partial charge in [-0.15, -0.1) is 0 Å². The van der Waals surface area contributed by atoms with E-state index in [1.807, 2.05) is 0 Å². The number of non-ortho nitro benzene ring substituents is 1. The molecule has 15 heavy (non-hydrogen) atoms. The molecule has 0 heterocycles. The van der Waals surface area contributed by atoms with E-state index in [9.17, 15) is 23.3 Å². The summed E-state index contributed by atoms with van der Waals surface area (Å²) in [5.74, 6) is 0. The summed E-state index contributed by atoms with van der Waals surface area (Å²) in [7, 11) is 0. The number of nitrogens with two attached hydrogens (primary N) is 1. The fourth-order valence-corrected chi connectivity index (χ4v) is 1.12. The summed E-state index contributed by atoms with van der Waals surface area (Å²) in [5.41, 5.74) is 3.29. The number of nitro groups is 1. The summed E-state index contributed by atoms with van der Waals surface area (Å²) >= 11 is 0. The van der Waals surface area contributed by atoms with Crippen LogP contribution >= 0.6 is 0 Å². The molecule has 7 heteroatoms. The van der Waals surface area contributed by atoms with E-state index in [4.69, 9.17) is 5.73 Å². The lowest BCUT2D eigenvalue weighted by Gasteiger charge is -2.10. The second-order valence-electron chi connectivity index (χ2n) is 2.80. The molecule has 2 N–H and O–H groups in total. The van der Waals surface area contributed by atoms with Gasteiger partial charge in [0.15, 0.2) is 0 Å². The third-order valence-corrected chi connectivity index (χ3v) is 1.83. The van der Waals surface area contributed by atoms with E-state index < -0.39 is 22.4 Å². The van der Waals surface area contributed by atoms with E-state index in [0.29, 0.717) is 6.07 Å². The molecule has 0 aliphatic heterocycles. The highest BCUT2D eigenvalue weighted by molar-refractivity contribution is 5.41. The maximum Gasteiger partial charge on any atom is 0.416 e. The normalized spacial score (nSPS) is 11.5. The molecule has 0 bridgehead atoms. The average Bonchev–Trinajstić information content (AvgIpc) is 2.15. The molecule has 4 nitrogen and oxygen atoms in total. The summed E-state index contributed by atoms with van der Waals surface area (Å²) in [6.45, 7) is -0.313. The van der Waals surface area contributed by atoms with E-state index in [2.05, 4.69) is 0 Å². The van der Waals surface area contributed by atoms with Crippen LogP contribution in [0.3, 0.4) is 0 Å². The van der Waals surface area contributed by atoms with Crippen LogP contribution in [0.5, 0.6) is 0 Å². The van der Waals surface area contributed by atoms with Crippen LogP contribution in [-0.2, 0) is 12.7 Å². The molecule has 0 radical (unpaired) electrons. The van der Waals surface area contributed by atoms with Crippen LogP contribution in [-0.4, -0.2) is 4.92 Å². The summed E-state index contributed by atoms with van der Waals surface area (Å²) < 4.78 is 37.2. The van der Waals surface area contributed by atoms with Crippen molar-refractivity contribution in [3.8, 4) is 0 Å². The lowest BCUT2D eigenvalue weighted by atomic mass is 10.1. The fraction of sp³-hybridized carbons (Fsp3) is 0.250. The van der Waals surface area contributed by atoms with Crippen molar-refractivity contribution in [1.82, 2.24) is 0 Å². The summed E-state index contributed by atoms with van der Waals surface area (Å²) in [6, 6.07) is 2.50. The second kappa shape index (κ2) is 3.85. The van der Waals surface area contributed by atoms with Crippen LogP contribution in [0.15, 0.2) is 18.2 Å². The first kappa shape index (κ1) is 11.4. The minimum absolute atomic E-state index is 0.159. The predicted octanol–water partition coefficient (Wildman–Crippen LogP) is 2.07. The lowest BCUT2D eigenvalue weighted by molar-refractivity contribution is -0.385. The van der Waals surface area contributed by atoms with Gasteiger partial charge in [-0.25, -0.2) is 0 Å². The first-order valence-electron chi connectivity index (χ1n) is 3.91. The van der Waals surface area contributed by atoms with Crippen LogP contribution in [0.1, 0.15) is 11.1 Å². The second-order valence-corrected chi connectivity index (χ2v) is 2.80. The largest absolute Gasteiger partial charge is 0.416 e. The molecule has 1 aromatic carbocycles. The number of rotatable bonds is 2. The molecular weight excluding hydrogens is 213 g/mol. The van der Waals surface area contributed by atoms with Crippen LogP contribution in [0.4, 0.5) is 18.9 Å². The van der Waals surface area contributed by atoms with Gasteiger partial charge in [-0.3, -0.25) is 10.1 Å². The standard InChI is InChI=1S/C8H7F3N2O2/c9-8(10,11)7-3-6(13(14)15)2-1-5(7)4-12/h1-3H,4,12H2. The molecule has 0 amide bonds. The minimum atomic E-state index is -4.62. The van der Waals surface area contributed by atoms with Crippen LogP contribution in [0, 0.1) is 10.1 Å². The molecule has 0 fully saturated rings. The summed E-state index contributed by atoms with van der Waals surface area (Å²) in [6.07, 6.45) is -4.62. The van der Waals surface area contributed by atoms with E-state index in [1.165, 1.54) is 0 Å². The SMILES string of the molecule is NCc1ccc([N+](=O)[O-])cc1C(F)(F)F. The molecule has 0 aliphatic carbocycles. The van der Waals surface area contributed by atoms with Crippen molar-refractivity contribution in [3.63, 3.8) is 0 Å². The Kier molecular flexibility index (Phi) is 2.94. The molecule has 1 aromatic rings. The third kappa shape index (κ3) is 2.44. The maximum atomic E-state index is 12.4. The van der Waals surface area contributed by atoms with E-state index in [-0.39, 0.29) is 12.1 Å². The topological polar surface area (TPSA) is 69.2 Å². The van der Waals surface area contributed by atoms with Gasteiger partial charge in [0.1, 0.15) is 0 Å². The van der Waals surface area contributed by atoms with Crippen molar-refractivity contribution in [2.24, 2.45) is 5.73 Å². The van der Waals surface area contributed by atoms with Crippen LogP contribution in [0.2, 0.25) is 0 Å². The Bertz CT molecular complexity index is 390. The molecule has 0 spiro atoms. The Morgan fingerprint density at radius 2 is 2.00 bits per heavy atom. The Labute approximate surface area is 82.7 Å².